The Balaban J connectivity index is 2.62. The number of aliphatic carboxylic acids is 1. The number of hydrogen-bond donors (Lipinski definition) is 2. The maximum Gasteiger partial charge on any atom is 0.320 e. The van der Waals surface area contributed by atoms with Crippen LogP contribution >= 0.6 is 0 Å². The van der Waals surface area contributed by atoms with Crippen molar-refractivity contribution in [1.29, 1.82) is 0 Å². The van der Waals surface area contributed by atoms with E-state index in [0.29, 0.717) is 5.92 Å². The second-order valence-corrected chi connectivity index (χ2v) is 5.26. The van der Waals surface area contributed by atoms with Crippen LogP contribution in [0.5, 0.6) is 0 Å². The number of carbonyl (C=O) groups is 2. The summed E-state index contributed by atoms with van der Waals surface area (Å²) in [5, 5.41) is 11.7. The van der Waals surface area contributed by atoms with Crippen molar-refractivity contribution in [2.75, 3.05) is 18.9 Å². The summed E-state index contributed by atoms with van der Waals surface area (Å²) in [5.41, 5.74) is 1.88. The molecule has 0 aromatic heterocycles. The molecule has 0 saturated carbocycles. The largest absolute Gasteiger partial charge is 0.480 e. The highest BCUT2D eigenvalue weighted by Gasteiger charge is 2.19. The van der Waals surface area contributed by atoms with E-state index in [4.69, 9.17) is 5.11 Å². The van der Waals surface area contributed by atoms with Crippen molar-refractivity contribution < 1.29 is 14.7 Å². The van der Waals surface area contributed by atoms with Gasteiger partial charge in [0.1, 0.15) is 6.04 Å². The number of carboxylic acid groups (broad SMARTS) is 1. The van der Waals surface area contributed by atoms with Crippen LogP contribution in [0, 0.1) is 0 Å². The molecule has 1 aromatic carbocycles. The van der Waals surface area contributed by atoms with Gasteiger partial charge in [-0.05, 0) is 37.6 Å². The molecular formula is C15H22N2O3. The quantitative estimate of drug-likeness (QED) is 0.836. The Morgan fingerprint density at radius 1 is 1.30 bits per heavy atom. The Morgan fingerprint density at radius 3 is 2.50 bits per heavy atom. The minimum Gasteiger partial charge on any atom is -0.480 e. The first-order chi connectivity index (χ1) is 9.31. The summed E-state index contributed by atoms with van der Waals surface area (Å²) in [7, 11) is 1.61. The molecule has 1 unspecified atom stereocenters. The van der Waals surface area contributed by atoms with E-state index in [2.05, 4.69) is 19.2 Å². The van der Waals surface area contributed by atoms with Crippen LogP contribution in [0.4, 0.5) is 5.69 Å². The van der Waals surface area contributed by atoms with Gasteiger partial charge in [-0.2, -0.15) is 0 Å². The molecule has 110 valence electrons. The van der Waals surface area contributed by atoms with E-state index in [0.717, 1.165) is 11.3 Å². The molecule has 0 spiro atoms. The number of hydrogen-bond acceptors (Lipinski definition) is 3. The zero-order valence-corrected chi connectivity index (χ0v) is 12.4. The predicted molar refractivity (Wildman–Crippen MR) is 78.9 cm³/mol. The fourth-order valence-electron chi connectivity index (χ4n) is 1.73. The molecule has 0 bridgehead atoms. The number of rotatable bonds is 6. The van der Waals surface area contributed by atoms with Crippen LogP contribution in [0.3, 0.4) is 0 Å². The Labute approximate surface area is 119 Å². The van der Waals surface area contributed by atoms with Gasteiger partial charge in [-0.3, -0.25) is 14.5 Å². The molecule has 0 fully saturated rings. The molecule has 0 aliphatic heterocycles. The number of benzene rings is 1. The highest BCUT2D eigenvalue weighted by Crippen LogP contribution is 2.18. The van der Waals surface area contributed by atoms with Crippen molar-refractivity contribution in [2.24, 2.45) is 0 Å². The topological polar surface area (TPSA) is 69.6 Å². The number of carboxylic acids is 1. The molecule has 1 aromatic rings. The predicted octanol–water partition coefficient (Wildman–Crippen LogP) is 2.15. The summed E-state index contributed by atoms with van der Waals surface area (Å²) < 4.78 is 0. The normalized spacial score (nSPS) is 12.5. The highest BCUT2D eigenvalue weighted by molar-refractivity contribution is 5.92. The summed E-state index contributed by atoms with van der Waals surface area (Å²) in [4.78, 5) is 24.2. The molecule has 5 heteroatoms. The van der Waals surface area contributed by atoms with Crippen LogP contribution in [-0.2, 0) is 9.59 Å². The standard InChI is InChI=1S/C15H22N2O3/c1-10(2)12-6-5-7-13(8-12)16-14(18)9-17(4)11(3)15(19)20/h5-8,10-11H,9H2,1-4H3,(H,16,18)(H,19,20). The minimum absolute atomic E-state index is 0.0410. The molecule has 0 aliphatic carbocycles. The first kappa shape index (κ1) is 16.2. The van der Waals surface area contributed by atoms with Gasteiger partial charge in [-0.25, -0.2) is 0 Å². The SMILES string of the molecule is CC(C)c1cccc(NC(=O)CN(C)C(C)C(=O)O)c1. The molecule has 0 radical (unpaired) electrons. The van der Waals surface area contributed by atoms with Crippen molar-refractivity contribution in [3.8, 4) is 0 Å². The van der Waals surface area contributed by atoms with Crippen LogP contribution in [0.25, 0.3) is 0 Å². The summed E-state index contributed by atoms with van der Waals surface area (Å²) >= 11 is 0. The lowest BCUT2D eigenvalue weighted by molar-refractivity contribution is -0.142. The van der Waals surface area contributed by atoms with Gasteiger partial charge in [0, 0.05) is 5.69 Å². The maximum absolute atomic E-state index is 11.9. The third-order valence-electron chi connectivity index (χ3n) is 3.25. The lowest BCUT2D eigenvalue weighted by atomic mass is 10.0. The van der Waals surface area contributed by atoms with Crippen LogP contribution in [0.2, 0.25) is 0 Å². The average Bonchev–Trinajstić information content (AvgIpc) is 2.37. The number of nitrogens with zero attached hydrogens (tertiary/aromatic N) is 1. The lowest BCUT2D eigenvalue weighted by Crippen LogP contribution is -2.40. The number of amides is 1. The van der Waals surface area contributed by atoms with Gasteiger partial charge in [-0.15, -0.1) is 0 Å². The van der Waals surface area contributed by atoms with Gasteiger partial charge < -0.3 is 10.4 Å². The lowest BCUT2D eigenvalue weighted by Gasteiger charge is -2.20. The third-order valence-corrected chi connectivity index (χ3v) is 3.25. The van der Waals surface area contributed by atoms with Crippen LogP contribution < -0.4 is 5.32 Å². The summed E-state index contributed by atoms with van der Waals surface area (Å²) in [6.07, 6.45) is 0. The van der Waals surface area contributed by atoms with Gasteiger partial charge in [0.25, 0.3) is 0 Å². The molecule has 20 heavy (non-hydrogen) atoms. The van der Waals surface area contributed by atoms with E-state index in [9.17, 15) is 9.59 Å². The number of nitrogens with one attached hydrogen (secondary N) is 1. The summed E-state index contributed by atoms with van der Waals surface area (Å²) in [6, 6.07) is 6.98. The fraction of sp³-hybridized carbons (Fsp3) is 0.467. The zero-order chi connectivity index (χ0) is 15.3. The minimum atomic E-state index is -0.942. The van der Waals surface area contributed by atoms with Gasteiger partial charge in [0.05, 0.1) is 6.54 Å². The smallest absolute Gasteiger partial charge is 0.320 e. The summed E-state index contributed by atoms with van der Waals surface area (Å²) in [5.74, 6) is -0.773. The second-order valence-electron chi connectivity index (χ2n) is 5.26. The van der Waals surface area contributed by atoms with Crippen molar-refractivity contribution >= 4 is 17.6 Å². The molecule has 5 nitrogen and oxygen atoms in total. The number of likely N-dealkylation sites (N-methyl/N-ethyl adjacent to an activating group) is 1. The van der Waals surface area contributed by atoms with E-state index in [1.54, 1.807) is 14.0 Å². The Bertz CT molecular complexity index is 486. The van der Waals surface area contributed by atoms with E-state index in [1.165, 1.54) is 4.90 Å². The fourth-order valence-corrected chi connectivity index (χ4v) is 1.73. The molecule has 0 aliphatic rings. The van der Waals surface area contributed by atoms with Crippen LogP contribution in [0.1, 0.15) is 32.3 Å². The van der Waals surface area contributed by atoms with Crippen molar-refractivity contribution in [1.82, 2.24) is 4.90 Å². The van der Waals surface area contributed by atoms with E-state index >= 15 is 0 Å². The Hall–Kier alpha value is -1.88. The van der Waals surface area contributed by atoms with Crippen molar-refractivity contribution in [3.05, 3.63) is 29.8 Å². The van der Waals surface area contributed by atoms with E-state index < -0.39 is 12.0 Å². The Kier molecular flexibility index (Phi) is 5.70. The molecule has 0 saturated heterocycles. The molecule has 1 atom stereocenters. The highest BCUT2D eigenvalue weighted by atomic mass is 16.4. The van der Waals surface area contributed by atoms with E-state index in [1.807, 2.05) is 24.3 Å². The molecule has 1 amide bonds. The monoisotopic (exact) mass is 278 g/mol. The molecule has 0 heterocycles. The zero-order valence-electron chi connectivity index (χ0n) is 12.4. The van der Waals surface area contributed by atoms with Crippen LogP contribution in [-0.4, -0.2) is 41.5 Å². The van der Waals surface area contributed by atoms with Crippen molar-refractivity contribution in [2.45, 2.75) is 32.7 Å². The first-order valence-electron chi connectivity index (χ1n) is 6.64. The number of carbonyl (C=O) groups excluding carboxylic acids is 1. The van der Waals surface area contributed by atoms with Gasteiger partial charge >= 0.3 is 5.97 Å². The van der Waals surface area contributed by atoms with Crippen molar-refractivity contribution in [3.63, 3.8) is 0 Å². The molecule has 1 rings (SSSR count). The summed E-state index contributed by atoms with van der Waals surface area (Å²) in [6.45, 7) is 5.76. The average molecular weight is 278 g/mol. The second kappa shape index (κ2) is 7.05. The van der Waals surface area contributed by atoms with Crippen LogP contribution in [0.15, 0.2) is 24.3 Å². The molecule has 2 N–H and O–H groups in total. The maximum atomic E-state index is 11.9. The number of anilines is 1. The van der Waals surface area contributed by atoms with Gasteiger partial charge in [0.2, 0.25) is 5.91 Å². The molecular weight excluding hydrogens is 256 g/mol. The van der Waals surface area contributed by atoms with Gasteiger partial charge in [-0.1, -0.05) is 26.0 Å². The van der Waals surface area contributed by atoms with E-state index in [-0.39, 0.29) is 12.5 Å². The first-order valence-corrected chi connectivity index (χ1v) is 6.64. The third kappa shape index (κ3) is 4.66. The van der Waals surface area contributed by atoms with Gasteiger partial charge in [0.15, 0.2) is 0 Å². The Morgan fingerprint density at radius 2 is 1.95 bits per heavy atom.